The topological polar surface area (TPSA) is 65.5 Å². The van der Waals surface area contributed by atoms with Crippen molar-refractivity contribution in [3.63, 3.8) is 0 Å². The van der Waals surface area contributed by atoms with Crippen molar-refractivity contribution in [2.45, 2.75) is 0 Å². The molecular weight excluding hydrogens is 380 g/mol. The number of nitrogens with zero attached hydrogens (tertiary/aromatic N) is 4. The molecule has 3 aliphatic heterocycles. The van der Waals surface area contributed by atoms with E-state index in [2.05, 4.69) is 4.99 Å². The summed E-state index contributed by atoms with van der Waals surface area (Å²) in [6, 6.07) is 12.5. The quantitative estimate of drug-likeness (QED) is 0.784. The molecule has 3 aliphatic rings. The van der Waals surface area contributed by atoms with Crippen LogP contribution in [0.4, 0.5) is 16.2 Å². The first kappa shape index (κ1) is 17.1. The first-order chi connectivity index (χ1) is 13.6. The van der Waals surface area contributed by atoms with Crippen molar-refractivity contribution in [2.75, 3.05) is 42.6 Å². The van der Waals surface area contributed by atoms with E-state index in [4.69, 9.17) is 16.3 Å². The molecule has 0 N–H and O–H groups in total. The average molecular weight is 397 g/mol. The Morgan fingerprint density at radius 1 is 1.14 bits per heavy atom. The van der Waals surface area contributed by atoms with Crippen LogP contribution in [-0.4, -0.2) is 55.5 Å². The first-order valence-electron chi connectivity index (χ1n) is 9.09. The lowest BCUT2D eigenvalue weighted by atomic mass is 10.1. The molecule has 0 saturated heterocycles. The Labute approximate surface area is 166 Å². The molecule has 0 unspecified atom stereocenters. The van der Waals surface area contributed by atoms with Crippen LogP contribution in [0.5, 0.6) is 5.75 Å². The fourth-order valence-corrected chi connectivity index (χ4v) is 4.00. The summed E-state index contributed by atoms with van der Waals surface area (Å²) < 4.78 is 5.63. The molecule has 2 aromatic rings. The van der Waals surface area contributed by atoms with E-state index in [1.807, 2.05) is 30.3 Å². The Morgan fingerprint density at radius 2 is 2.00 bits per heavy atom. The molecule has 3 amide bonds. The Balaban J connectivity index is 1.50. The molecule has 8 heteroatoms. The number of halogens is 1. The number of urea groups is 1. The number of carbonyl (C=O) groups is 2. The minimum absolute atomic E-state index is 0.0791. The molecule has 3 heterocycles. The van der Waals surface area contributed by atoms with Crippen LogP contribution in [0.1, 0.15) is 5.56 Å². The van der Waals surface area contributed by atoms with Gasteiger partial charge < -0.3 is 9.64 Å². The molecule has 0 saturated carbocycles. The lowest BCUT2D eigenvalue weighted by molar-refractivity contribution is -0.117. The van der Waals surface area contributed by atoms with Gasteiger partial charge in [0.25, 0.3) is 0 Å². The number of benzene rings is 2. The van der Waals surface area contributed by atoms with Crippen LogP contribution in [-0.2, 0) is 4.79 Å². The van der Waals surface area contributed by atoms with Crippen LogP contribution in [0.3, 0.4) is 0 Å². The van der Waals surface area contributed by atoms with Gasteiger partial charge in [0, 0.05) is 17.1 Å². The van der Waals surface area contributed by atoms with E-state index < -0.39 is 0 Å². The number of amidine groups is 1. The highest BCUT2D eigenvalue weighted by atomic mass is 35.5. The summed E-state index contributed by atoms with van der Waals surface area (Å²) in [5.41, 5.74) is 2.15. The zero-order valence-electron chi connectivity index (χ0n) is 15.0. The molecule has 0 bridgehead atoms. The molecule has 0 atom stereocenters. The van der Waals surface area contributed by atoms with Gasteiger partial charge >= 0.3 is 6.03 Å². The fraction of sp³-hybridized carbons (Fsp3) is 0.250. The summed E-state index contributed by atoms with van der Waals surface area (Å²) in [4.78, 5) is 35.5. The Hall–Kier alpha value is -3.06. The maximum atomic E-state index is 13.2. The lowest BCUT2D eigenvalue weighted by Crippen LogP contribution is -2.54. The number of rotatable bonds is 2. The van der Waals surface area contributed by atoms with E-state index in [0.717, 1.165) is 11.3 Å². The van der Waals surface area contributed by atoms with Crippen molar-refractivity contribution in [1.29, 1.82) is 0 Å². The molecular formula is C20H17ClN4O3. The zero-order chi connectivity index (χ0) is 19.3. The van der Waals surface area contributed by atoms with Gasteiger partial charge in [0.1, 0.15) is 24.7 Å². The highest BCUT2D eigenvalue weighted by Gasteiger charge is 2.39. The van der Waals surface area contributed by atoms with Crippen molar-refractivity contribution < 1.29 is 14.3 Å². The van der Waals surface area contributed by atoms with Gasteiger partial charge in [-0.1, -0.05) is 23.7 Å². The van der Waals surface area contributed by atoms with Gasteiger partial charge in [0.15, 0.2) is 0 Å². The molecule has 28 heavy (non-hydrogen) atoms. The number of carbonyl (C=O) groups excluding carboxylic acids is 2. The average Bonchev–Trinajstić information content (AvgIpc) is 3.20. The van der Waals surface area contributed by atoms with E-state index in [-0.39, 0.29) is 18.5 Å². The van der Waals surface area contributed by atoms with Crippen LogP contribution >= 0.6 is 11.6 Å². The van der Waals surface area contributed by atoms with E-state index >= 15 is 0 Å². The van der Waals surface area contributed by atoms with Gasteiger partial charge in [-0.2, -0.15) is 0 Å². The Bertz CT molecular complexity index is 1020. The summed E-state index contributed by atoms with van der Waals surface area (Å²) >= 11 is 6.18. The van der Waals surface area contributed by atoms with Crippen LogP contribution in [0.15, 0.2) is 47.5 Å². The summed E-state index contributed by atoms with van der Waals surface area (Å²) in [6.45, 7) is 1.85. The van der Waals surface area contributed by atoms with Crippen molar-refractivity contribution >= 4 is 40.7 Å². The van der Waals surface area contributed by atoms with Crippen LogP contribution in [0, 0.1) is 0 Å². The minimum atomic E-state index is -0.249. The first-order valence-corrected chi connectivity index (χ1v) is 9.47. The molecule has 7 nitrogen and oxygen atoms in total. The molecule has 0 spiro atoms. The molecule has 0 aromatic heterocycles. The third kappa shape index (κ3) is 2.62. The van der Waals surface area contributed by atoms with Gasteiger partial charge in [-0.3, -0.25) is 19.6 Å². The summed E-state index contributed by atoms with van der Waals surface area (Å²) in [7, 11) is 0. The van der Waals surface area contributed by atoms with E-state index in [1.165, 1.54) is 4.90 Å². The molecule has 142 valence electrons. The maximum absolute atomic E-state index is 13.2. The monoisotopic (exact) mass is 396 g/mol. The minimum Gasteiger partial charge on any atom is -0.490 e. The predicted octanol–water partition coefficient (Wildman–Crippen LogP) is 2.77. The van der Waals surface area contributed by atoms with Gasteiger partial charge in [0.05, 0.1) is 24.5 Å². The summed E-state index contributed by atoms with van der Waals surface area (Å²) in [5.74, 6) is 1.15. The van der Waals surface area contributed by atoms with Gasteiger partial charge in [-0.05, 0) is 30.3 Å². The third-order valence-corrected chi connectivity index (χ3v) is 5.35. The fourth-order valence-electron chi connectivity index (χ4n) is 3.83. The number of hydrogen-bond acceptors (Lipinski definition) is 4. The number of amides is 3. The van der Waals surface area contributed by atoms with Crippen molar-refractivity contribution in [3.8, 4) is 5.75 Å². The smallest absolute Gasteiger partial charge is 0.330 e. The lowest BCUT2D eigenvalue weighted by Gasteiger charge is -2.37. The van der Waals surface area contributed by atoms with E-state index in [0.29, 0.717) is 48.5 Å². The SMILES string of the molecule is O=C(CN1C(=O)N2CCN=C2c2ccc(Cl)cc21)N1CCOc2ccccc21. The zero-order valence-corrected chi connectivity index (χ0v) is 15.7. The van der Waals surface area contributed by atoms with E-state index in [9.17, 15) is 9.59 Å². The number of anilines is 2. The predicted molar refractivity (Wildman–Crippen MR) is 107 cm³/mol. The molecule has 0 aliphatic carbocycles. The van der Waals surface area contributed by atoms with Crippen molar-refractivity contribution in [2.24, 2.45) is 4.99 Å². The highest BCUT2D eigenvalue weighted by Crippen LogP contribution is 2.35. The Kier molecular flexibility index (Phi) is 3.98. The second kappa shape index (κ2) is 6.53. The largest absolute Gasteiger partial charge is 0.490 e. The second-order valence-corrected chi connectivity index (χ2v) is 7.19. The summed E-state index contributed by atoms with van der Waals surface area (Å²) in [5, 5.41) is 0.507. The third-order valence-electron chi connectivity index (χ3n) is 5.12. The standard InChI is InChI=1S/C20H17ClN4O3/c21-13-5-6-14-16(11-13)25(20(27)24-8-7-22-19(14)24)12-18(26)23-9-10-28-17-4-2-1-3-15(17)23/h1-6,11H,7-10,12H2. The second-order valence-electron chi connectivity index (χ2n) is 6.75. The van der Waals surface area contributed by atoms with Crippen LogP contribution in [0.25, 0.3) is 0 Å². The van der Waals surface area contributed by atoms with Crippen LogP contribution < -0.4 is 14.5 Å². The number of hydrogen-bond donors (Lipinski definition) is 0. The van der Waals surface area contributed by atoms with Crippen molar-refractivity contribution in [3.05, 3.63) is 53.1 Å². The highest BCUT2D eigenvalue weighted by molar-refractivity contribution is 6.32. The van der Waals surface area contributed by atoms with Crippen molar-refractivity contribution in [1.82, 2.24) is 4.90 Å². The Morgan fingerprint density at radius 3 is 2.89 bits per heavy atom. The normalized spacial score (nSPS) is 17.5. The molecule has 5 rings (SSSR count). The number of ether oxygens (including phenoxy) is 1. The van der Waals surface area contributed by atoms with Gasteiger partial charge in [-0.15, -0.1) is 0 Å². The molecule has 0 radical (unpaired) electrons. The summed E-state index contributed by atoms with van der Waals surface area (Å²) in [6.07, 6.45) is 0. The number of para-hydroxylation sites is 2. The van der Waals surface area contributed by atoms with Gasteiger partial charge in [-0.25, -0.2) is 4.79 Å². The maximum Gasteiger partial charge on any atom is 0.330 e. The molecule has 2 aromatic carbocycles. The van der Waals surface area contributed by atoms with Crippen LogP contribution in [0.2, 0.25) is 5.02 Å². The van der Waals surface area contributed by atoms with Gasteiger partial charge in [0.2, 0.25) is 5.91 Å². The number of fused-ring (bicyclic) bond motifs is 4. The van der Waals surface area contributed by atoms with E-state index in [1.54, 1.807) is 21.9 Å². The number of aliphatic imine (C=N–C) groups is 1. The molecule has 0 fully saturated rings.